The Balaban J connectivity index is 2.66. The first-order chi connectivity index (χ1) is 7.90. The van der Waals surface area contributed by atoms with Gasteiger partial charge in [0.1, 0.15) is 0 Å². The van der Waals surface area contributed by atoms with Crippen LogP contribution in [0.25, 0.3) is 0 Å². The average molecular weight is 300 g/mol. The lowest BCUT2D eigenvalue weighted by atomic mass is 10.1. The van der Waals surface area contributed by atoms with Crippen LogP contribution in [-0.4, -0.2) is 23.2 Å². The second-order valence-electron chi connectivity index (χ2n) is 4.42. The van der Waals surface area contributed by atoms with Gasteiger partial charge in [0.05, 0.1) is 6.10 Å². The van der Waals surface area contributed by atoms with Crippen LogP contribution in [0.3, 0.4) is 0 Å². The molecule has 2 atom stereocenters. The summed E-state index contributed by atoms with van der Waals surface area (Å²) in [5.41, 5.74) is 1.72. The third-order valence-electron chi connectivity index (χ3n) is 2.51. The van der Waals surface area contributed by atoms with E-state index in [0.717, 1.165) is 10.0 Å². The van der Waals surface area contributed by atoms with Crippen molar-refractivity contribution in [1.82, 2.24) is 5.32 Å². The molecule has 0 bridgehead atoms. The van der Waals surface area contributed by atoms with Crippen LogP contribution in [-0.2, 0) is 0 Å². The van der Waals surface area contributed by atoms with Gasteiger partial charge in [-0.3, -0.25) is 4.79 Å². The van der Waals surface area contributed by atoms with Gasteiger partial charge in [-0.05, 0) is 44.9 Å². The number of carbonyl (C=O) groups is 1. The van der Waals surface area contributed by atoms with Crippen molar-refractivity contribution in [2.45, 2.75) is 39.3 Å². The normalized spacial score (nSPS) is 14.2. The topological polar surface area (TPSA) is 49.3 Å². The van der Waals surface area contributed by atoms with E-state index in [1.165, 1.54) is 0 Å². The van der Waals surface area contributed by atoms with Crippen LogP contribution >= 0.6 is 15.9 Å². The summed E-state index contributed by atoms with van der Waals surface area (Å²) in [4.78, 5) is 11.9. The number of amides is 1. The molecule has 4 heteroatoms. The highest BCUT2D eigenvalue weighted by atomic mass is 79.9. The Labute approximate surface area is 110 Å². The maximum atomic E-state index is 11.9. The van der Waals surface area contributed by atoms with Crippen LogP contribution in [0.1, 0.15) is 36.2 Å². The molecular weight excluding hydrogens is 282 g/mol. The molecular formula is C13H18BrNO2. The molecule has 0 saturated carbocycles. The van der Waals surface area contributed by atoms with E-state index in [0.29, 0.717) is 12.0 Å². The Morgan fingerprint density at radius 1 is 1.47 bits per heavy atom. The molecule has 0 radical (unpaired) electrons. The van der Waals surface area contributed by atoms with E-state index in [2.05, 4.69) is 21.2 Å². The Morgan fingerprint density at radius 3 is 2.65 bits per heavy atom. The number of hydrogen-bond donors (Lipinski definition) is 2. The molecule has 0 fully saturated rings. The number of aryl methyl sites for hydroxylation is 1. The highest BCUT2D eigenvalue weighted by Gasteiger charge is 2.12. The van der Waals surface area contributed by atoms with Crippen molar-refractivity contribution in [2.75, 3.05) is 0 Å². The van der Waals surface area contributed by atoms with Crippen LogP contribution in [0.15, 0.2) is 22.7 Å². The molecule has 2 N–H and O–H groups in total. The Morgan fingerprint density at radius 2 is 2.12 bits per heavy atom. The van der Waals surface area contributed by atoms with Gasteiger partial charge < -0.3 is 10.4 Å². The zero-order chi connectivity index (χ0) is 13.0. The first kappa shape index (κ1) is 14.2. The van der Waals surface area contributed by atoms with Crippen LogP contribution in [0.4, 0.5) is 0 Å². The largest absolute Gasteiger partial charge is 0.393 e. The second kappa shape index (κ2) is 6.17. The van der Waals surface area contributed by atoms with E-state index in [-0.39, 0.29) is 11.9 Å². The summed E-state index contributed by atoms with van der Waals surface area (Å²) in [7, 11) is 0. The van der Waals surface area contributed by atoms with Gasteiger partial charge in [-0.25, -0.2) is 0 Å². The van der Waals surface area contributed by atoms with E-state index in [4.69, 9.17) is 0 Å². The highest BCUT2D eigenvalue weighted by Crippen LogP contribution is 2.17. The third-order valence-corrected chi connectivity index (χ3v) is 3.36. The predicted octanol–water partition coefficient (Wildman–Crippen LogP) is 2.65. The SMILES string of the molecule is Cc1ccc(C(=O)NC(C)CC(C)O)cc1Br. The number of halogens is 1. The van der Waals surface area contributed by atoms with Gasteiger partial charge in [0.2, 0.25) is 0 Å². The van der Waals surface area contributed by atoms with Gasteiger partial charge in [0.15, 0.2) is 0 Å². The molecule has 3 nitrogen and oxygen atoms in total. The monoisotopic (exact) mass is 299 g/mol. The molecule has 1 aromatic rings. The van der Waals surface area contributed by atoms with Crippen LogP contribution < -0.4 is 5.32 Å². The van der Waals surface area contributed by atoms with Crippen molar-refractivity contribution in [3.63, 3.8) is 0 Å². The fraction of sp³-hybridized carbons (Fsp3) is 0.462. The summed E-state index contributed by atoms with van der Waals surface area (Å²) in [5, 5.41) is 12.1. The maximum Gasteiger partial charge on any atom is 0.251 e. The molecule has 17 heavy (non-hydrogen) atoms. The van der Waals surface area contributed by atoms with E-state index < -0.39 is 6.10 Å². The summed E-state index contributed by atoms with van der Waals surface area (Å²) >= 11 is 3.40. The summed E-state index contributed by atoms with van der Waals surface area (Å²) in [5.74, 6) is -0.112. The van der Waals surface area contributed by atoms with E-state index in [9.17, 15) is 9.90 Å². The van der Waals surface area contributed by atoms with Gasteiger partial charge in [-0.2, -0.15) is 0 Å². The van der Waals surface area contributed by atoms with E-state index >= 15 is 0 Å². The van der Waals surface area contributed by atoms with Gasteiger partial charge in [0.25, 0.3) is 5.91 Å². The molecule has 0 aliphatic carbocycles. The van der Waals surface area contributed by atoms with Gasteiger partial charge in [-0.1, -0.05) is 22.0 Å². The van der Waals surface area contributed by atoms with Crippen molar-refractivity contribution in [1.29, 1.82) is 0 Å². The van der Waals surface area contributed by atoms with Gasteiger partial charge in [-0.15, -0.1) is 0 Å². The summed E-state index contributed by atoms with van der Waals surface area (Å²) in [6.45, 7) is 5.57. The van der Waals surface area contributed by atoms with Crippen LogP contribution in [0, 0.1) is 6.92 Å². The summed E-state index contributed by atoms with van der Waals surface area (Å²) in [6, 6.07) is 5.46. The second-order valence-corrected chi connectivity index (χ2v) is 5.28. The minimum atomic E-state index is -0.407. The molecule has 1 rings (SSSR count). The highest BCUT2D eigenvalue weighted by molar-refractivity contribution is 9.10. The molecule has 0 aliphatic rings. The van der Waals surface area contributed by atoms with Crippen molar-refractivity contribution >= 4 is 21.8 Å². The fourth-order valence-electron chi connectivity index (χ4n) is 1.61. The van der Waals surface area contributed by atoms with Crippen LogP contribution in [0.2, 0.25) is 0 Å². The van der Waals surface area contributed by atoms with Gasteiger partial charge in [0, 0.05) is 16.1 Å². The number of carbonyl (C=O) groups excluding carboxylic acids is 1. The molecule has 0 saturated heterocycles. The summed E-state index contributed by atoms with van der Waals surface area (Å²) < 4.78 is 0.924. The zero-order valence-electron chi connectivity index (χ0n) is 10.3. The van der Waals surface area contributed by atoms with Crippen LogP contribution in [0.5, 0.6) is 0 Å². The summed E-state index contributed by atoms with van der Waals surface area (Å²) in [6.07, 6.45) is 0.147. The predicted molar refractivity (Wildman–Crippen MR) is 72.1 cm³/mol. The third kappa shape index (κ3) is 4.48. The number of rotatable bonds is 4. The molecule has 0 heterocycles. The lowest BCUT2D eigenvalue weighted by Crippen LogP contribution is -2.34. The molecule has 2 unspecified atom stereocenters. The standard InChI is InChI=1S/C13H18BrNO2/c1-8-4-5-11(7-12(8)14)13(17)15-9(2)6-10(3)16/h4-5,7,9-10,16H,6H2,1-3H3,(H,15,17). The van der Waals surface area contributed by atoms with Crippen molar-refractivity contribution < 1.29 is 9.90 Å². The molecule has 94 valence electrons. The number of aliphatic hydroxyl groups is 1. The quantitative estimate of drug-likeness (QED) is 0.898. The number of benzene rings is 1. The lowest BCUT2D eigenvalue weighted by Gasteiger charge is -2.15. The first-order valence-corrected chi connectivity index (χ1v) is 6.44. The minimum Gasteiger partial charge on any atom is -0.393 e. The fourth-order valence-corrected chi connectivity index (χ4v) is 1.99. The number of hydrogen-bond acceptors (Lipinski definition) is 2. The van der Waals surface area contributed by atoms with Crippen molar-refractivity contribution in [3.8, 4) is 0 Å². The van der Waals surface area contributed by atoms with E-state index in [1.54, 1.807) is 19.1 Å². The minimum absolute atomic E-state index is 0.0393. The Bertz CT molecular complexity index is 404. The number of aliphatic hydroxyl groups excluding tert-OH is 1. The average Bonchev–Trinajstić information content (AvgIpc) is 2.20. The molecule has 1 amide bonds. The maximum absolute atomic E-state index is 11.9. The molecule has 0 spiro atoms. The van der Waals surface area contributed by atoms with Crippen molar-refractivity contribution in [2.24, 2.45) is 0 Å². The molecule has 1 aromatic carbocycles. The smallest absolute Gasteiger partial charge is 0.251 e. The number of nitrogens with one attached hydrogen (secondary N) is 1. The molecule has 0 aromatic heterocycles. The Hall–Kier alpha value is -0.870. The Kier molecular flexibility index (Phi) is 5.15. The van der Waals surface area contributed by atoms with E-state index in [1.807, 2.05) is 19.9 Å². The molecule has 0 aliphatic heterocycles. The van der Waals surface area contributed by atoms with Gasteiger partial charge >= 0.3 is 0 Å². The lowest BCUT2D eigenvalue weighted by molar-refractivity contribution is 0.0923. The first-order valence-electron chi connectivity index (χ1n) is 5.65. The zero-order valence-corrected chi connectivity index (χ0v) is 11.9. The van der Waals surface area contributed by atoms with Crippen molar-refractivity contribution in [3.05, 3.63) is 33.8 Å².